The fraction of sp³-hybridized carbons (Fsp3) is 0.429. The van der Waals surface area contributed by atoms with Gasteiger partial charge in [-0.25, -0.2) is 0 Å². The summed E-state index contributed by atoms with van der Waals surface area (Å²) in [5.74, 6) is 0. The molecule has 15 heavy (non-hydrogen) atoms. The van der Waals surface area contributed by atoms with E-state index in [9.17, 15) is 0 Å². The lowest BCUT2D eigenvalue weighted by molar-refractivity contribution is 0.281. The van der Waals surface area contributed by atoms with Gasteiger partial charge in [0.05, 0.1) is 6.61 Å². The molecule has 1 N–H and O–H groups in total. The molecule has 0 amide bonds. The largest absolute Gasteiger partial charge is 0.392 e. The highest BCUT2D eigenvalue weighted by molar-refractivity contribution is 5.54. The molecule has 0 aliphatic carbocycles. The van der Waals surface area contributed by atoms with Crippen molar-refractivity contribution in [3.05, 3.63) is 40.5 Å². The first kappa shape index (κ1) is 12.0. The van der Waals surface area contributed by atoms with Crippen LogP contribution >= 0.6 is 0 Å². The molecule has 0 unspecified atom stereocenters. The van der Waals surface area contributed by atoms with E-state index in [2.05, 4.69) is 32.1 Å². The Balaban J connectivity index is 2.97. The van der Waals surface area contributed by atoms with Crippen molar-refractivity contribution < 1.29 is 5.11 Å². The number of hydrogen-bond donors (Lipinski definition) is 1. The van der Waals surface area contributed by atoms with Crippen LogP contribution in [-0.2, 0) is 6.61 Å². The second-order valence-corrected chi connectivity index (χ2v) is 3.85. The Morgan fingerprint density at radius 3 is 2.40 bits per heavy atom. The number of hydrogen-bond acceptors (Lipinski definition) is 1. The molecule has 0 radical (unpaired) electrons. The average molecular weight is 204 g/mol. The maximum atomic E-state index is 9.07. The lowest BCUT2D eigenvalue weighted by Crippen LogP contribution is -1.89. The maximum absolute atomic E-state index is 9.07. The summed E-state index contributed by atoms with van der Waals surface area (Å²) in [5, 5.41) is 9.07. The van der Waals surface area contributed by atoms with E-state index in [1.54, 1.807) is 0 Å². The van der Waals surface area contributed by atoms with Gasteiger partial charge >= 0.3 is 0 Å². The van der Waals surface area contributed by atoms with Crippen molar-refractivity contribution in [2.24, 2.45) is 0 Å². The number of aliphatic hydroxyl groups excluding tert-OH is 1. The molecule has 82 valence electrons. The molecule has 0 aromatic heterocycles. The predicted octanol–water partition coefficient (Wildman–Crippen LogP) is 3.69. The van der Waals surface area contributed by atoms with Crippen LogP contribution in [0.25, 0.3) is 6.08 Å². The Bertz CT molecular complexity index is 344. The molecule has 1 rings (SSSR count). The third kappa shape index (κ3) is 3.21. The van der Waals surface area contributed by atoms with Gasteiger partial charge in [0.25, 0.3) is 0 Å². The van der Waals surface area contributed by atoms with E-state index in [1.807, 2.05) is 13.0 Å². The van der Waals surface area contributed by atoms with Crippen LogP contribution in [0.4, 0.5) is 0 Å². The van der Waals surface area contributed by atoms with Crippen LogP contribution in [0.1, 0.15) is 43.4 Å². The molecule has 1 aromatic rings. The highest BCUT2D eigenvalue weighted by atomic mass is 16.3. The smallest absolute Gasteiger partial charge is 0.0684 e. The monoisotopic (exact) mass is 204 g/mol. The van der Waals surface area contributed by atoms with Crippen LogP contribution in [0.15, 0.2) is 23.8 Å². The number of aliphatic hydroxyl groups is 1. The molecule has 1 aromatic carbocycles. The first-order valence-corrected chi connectivity index (χ1v) is 5.61. The van der Waals surface area contributed by atoms with E-state index in [4.69, 9.17) is 5.11 Å². The minimum atomic E-state index is 0.129. The van der Waals surface area contributed by atoms with Gasteiger partial charge in [-0.3, -0.25) is 0 Å². The van der Waals surface area contributed by atoms with Crippen molar-refractivity contribution in [1.29, 1.82) is 0 Å². The fourth-order valence-electron chi connectivity index (χ4n) is 1.68. The van der Waals surface area contributed by atoms with Gasteiger partial charge in [-0.2, -0.15) is 0 Å². The lowest BCUT2D eigenvalue weighted by atomic mass is 10.0. The Labute approximate surface area is 92.5 Å². The van der Waals surface area contributed by atoms with E-state index >= 15 is 0 Å². The summed E-state index contributed by atoms with van der Waals surface area (Å²) >= 11 is 0. The Kier molecular flexibility index (Phi) is 4.57. The van der Waals surface area contributed by atoms with Crippen molar-refractivity contribution in [2.75, 3.05) is 0 Å². The first-order chi connectivity index (χ1) is 7.21. The molecule has 0 saturated carbocycles. The number of aryl methyl sites for hydroxylation is 1. The average Bonchev–Trinajstić information content (AvgIpc) is 2.26. The van der Waals surface area contributed by atoms with Crippen LogP contribution in [0.2, 0.25) is 0 Å². The van der Waals surface area contributed by atoms with Gasteiger partial charge in [-0.15, -0.1) is 0 Å². The van der Waals surface area contributed by atoms with Crippen molar-refractivity contribution in [2.45, 2.75) is 40.2 Å². The zero-order valence-electron chi connectivity index (χ0n) is 9.88. The summed E-state index contributed by atoms with van der Waals surface area (Å²) in [4.78, 5) is 0. The van der Waals surface area contributed by atoms with Gasteiger partial charge in [-0.05, 0) is 36.5 Å². The summed E-state index contributed by atoms with van der Waals surface area (Å²) in [5.41, 5.74) is 4.88. The van der Waals surface area contributed by atoms with Gasteiger partial charge in [0.1, 0.15) is 0 Å². The third-order valence-electron chi connectivity index (χ3n) is 2.82. The summed E-state index contributed by atoms with van der Waals surface area (Å²) in [6.45, 7) is 6.54. The minimum absolute atomic E-state index is 0.129. The molecule has 0 aliphatic heterocycles. The van der Waals surface area contributed by atoms with E-state index in [-0.39, 0.29) is 6.61 Å². The van der Waals surface area contributed by atoms with Crippen molar-refractivity contribution in [1.82, 2.24) is 0 Å². The molecular formula is C14H20O. The fourth-order valence-corrected chi connectivity index (χ4v) is 1.68. The highest BCUT2D eigenvalue weighted by Gasteiger charge is 1.98. The second kappa shape index (κ2) is 5.72. The van der Waals surface area contributed by atoms with Crippen LogP contribution in [-0.4, -0.2) is 5.11 Å². The van der Waals surface area contributed by atoms with Gasteiger partial charge in [-0.1, -0.05) is 43.7 Å². The topological polar surface area (TPSA) is 20.2 Å². The molecule has 0 spiro atoms. The number of benzene rings is 1. The molecule has 0 atom stereocenters. The van der Waals surface area contributed by atoms with Crippen LogP contribution in [0.5, 0.6) is 0 Å². The SMILES string of the molecule is CCC(=Cc1ccc(CO)c(C)c1)CC. The minimum Gasteiger partial charge on any atom is -0.392 e. The quantitative estimate of drug-likeness (QED) is 0.793. The standard InChI is InChI=1S/C14H20O/c1-4-12(5-2)9-13-6-7-14(10-15)11(3)8-13/h6-9,15H,4-5,10H2,1-3H3. The molecule has 0 heterocycles. The Morgan fingerprint density at radius 2 is 1.93 bits per heavy atom. The van der Waals surface area contributed by atoms with Crippen LogP contribution < -0.4 is 0 Å². The lowest BCUT2D eigenvalue weighted by Gasteiger charge is -2.05. The number of allylic oxidation sites excluding steroid dienone is 1. The molecule has 0 fully saturated rings. The Hall–Kier alpha value is -1.08. The molecule has 0 bridgehead atoms. The molecular weight excluding hydrogens is 184 g/mol. The van der Waals surface area contributed by atoms with Crippen LogP contribution in [0.3, 0.4) is 0 Å². The third-order valence-corrected chi connectivity index (χ3v) is 2.82. The molecule has 0 saturated heterocycles. The first-order valence-electron chi connectivity index (χ1n) is 5.61. The van der Waals surface area contributed by atoms with E-state index in [0.717, 1.165) is 24.0 Å². The zero-order chi connectivity index (χ0) is 11.3. The summed E-state index contributed by atoms with van der Waals surface area (Å²) in [6, 6.07) is 6.21. The van der Waals surface area contributed by atoms with Gasteiger partial charge in [0.2, 0.25) is 0 Å². The van der Waals surface area contributed by atoms with Crippen molar-refractivity contribution in [3.63, 3.8) is 0 Å². The highest BCUT2D eigenvalue weighted by Crippen LogP contribution is 2.16. The van der Waals surface area contributed by atoms with E-state index in [0.29, 0.717) is 0 Å². The molecule has 0 aliphatic rings. The summed E-state index contributed by atoms with van der Waals surface area (Å²) in [6.07, 6.45) is 4.46. The maximum Gasteiger partial charge on any atom is 0.0684 e. The molecule has 1 nitrogen and oxygen atoms in total. The number of rotatable bonds is 4. The summed E-state index contributed by atoms with van der Waals surface area (Å²) in [7, 11) is 0. The van der Waals surface area contributed by atoms with E-state index in [1.165, 1.54) is 11.1 Å². The predicted molar refractivity (Wildman–Crippen MR) is 65.7 cm³/mol. The molecule has 1 heteroatoms. The van der Waals surface area contributed by atoms with Crippen LogP contribution in [0, 0.1) is 6.92 Å². The zero-order valence-corrected chi connectivity index (χ0v) is 9.88. The Morgan fingerprint density at radius 1 is 1.27 bits per heavy atom. The van der Waals surface area contributed by atoms with E-state index < -0.39 is 0 Å². The summed E-state index contributed by atoms with van der Waals surface area (Å²) < 4.78 is 0. The van der Waals surface area contributed by atoms with Crippen molar-refractivity contribution >= 4 is 6.08 Å². The second-order valence-electron chi connectivity index (χ2n) is 3.85. The van der Waals surface area contributed by atoms with Gasteiger partial charge < -0.3 is 5.11 Å². The van der Waals surface area contributed by atoms with Crippen molar-refractivity contribution in [3.8, 4) is 0 Å². The van der Waals surface area contributed by atoms with Gasteiger partial charge in [0, 0.05) is 0 Å². The van der Waals surface area contributed by atoms with Gasteiger partial charge in [0.15, 0.2) is 0 Å². The normalized spacial score (nSPS) is 10.1.